The average Bonchev–Trinajstić information content (AvgIpc) is 2.94. The second-order valence-corrected chi connectivity index (χ2v) is 8.62. The number of carbonyl (C=O) groups is 2. The molecule has 2 aromatic carbocycles. The predicted molar refractivity (Wildman–Crippen MR) is 122 cm³/mol. The van der Waals surface area contributed by atoms with Crippen LogP contribution in [0.4, 0.5) is 5.69 Å². The first-order valence-corrected chi connectivity index (χ1v) is 10.5. The van der Waals surface area contributed by atoms with E-state index in [2.05, 4.69) is 5.32 Å². The first kappa shape index (κ1) is 21.4. The molecule has 3 rings (SSSR count). The van der Waals surface area contributed by atoms with Crippen LogP contribution in [0.25, 0.3) is 6.08 Å². The van der Waals surface area contributed by atoms with Gasteiger partial charge < -0.3 is 10.4 Å². The quantitative estimate of drug-likeness (QED) is 0.484. The summed E-state index contributed by atoms with van der Waals surface area (Å²) >= 11 is 12.4. The molecule has 0 bridgehead atoms. The van der Waals surface area contributed by atoms with Gasteiger partial charge in [-0.15, -0.1) is 0 Å². The molecule has 0 spiro atoms. The van der Waals surface area contributed by atoms with Crippen molar-refractivity contribution < 1.29 is 14.7 Å². The number of carbonyl (C=O) groups excluding carboxylic acids is 2. The Morgan fingerprint density at radius 2 is 2.07 bits per heavy atom. The standard InChI is InChI=1S/C21H19ClN2O3S2/c1-13-5-2-3-6-16(13)23-19(26)7-4-10-24-20(27)18(29-21(24)28)12-14-11-15(22)8-9-17(14)25/h2-3,5-6,8-9,11-12,25H,4,7,10H2,1H3,(H,23,26)/b18-12-. The number of benzene rings is 2. The van der Waals surface area contributed by atoms with Gasteiger partial charge in [0.05, 0.1) is 4.91 Å². The molecule has 0 radical (unpaired) electrons. The van der Waals surface area contributed by atoms with Crippen molar-refractivity contribution in [3.8, 4) is 5.75 Å². The number of amides is 2. The van der Waals surface area contributed by atoms with Gasteiger partial charge in [0, 0.05) is 29.2 Å². The van der Waals surface area contributed by atoms with Gasteiger partial charge in [-0.25, -0.2) is 0 Å². The number of phenolic OH excluding ortho intramolecular Hbond substituents is 1. The van der Waals surface area contributed by atoms with Gasteiger partial charge in [-0.2, -0.15) is 0 Å². The molecule has 29 heavy (non-hydrogen) atoms. The molecule has 2 aromatic rings. The SMILES string of the molecule is Cc1ccccc1NC(=O)CCCN1C(=O)/C(=C/c2cc(Cl)ccc2O)SC1=S. The number of aryl methyl sites for hydroxylation is 1. The Morgan fingerprint density at radius 1 is 1.31 bits per heavy atom. The number of nitrogens with zero attached hydrogens (tertiary/aromatic N) is 1. The number of thiocarbonyl (C=S) groups is 1. The minimum Gasteiger partial charge on any atom is -0.507 e. The minimum absolute atomic E-state index is 0.0348. The van der Waals surface area contributed by atoms with Crippen molar-refractivity contribution in [1.82, 2.24) is 4.90 Å². The maximum Gasteiger partial charge on any atom is 0.266 e. The molecular formula is C21H19ClN2O3S2. The molecule has 1 fully saturated rings. The highest BCUT2D eigenvalue weighted by molar-refractivity contribution is 8.26. The van der Waals surface area contributed by atoms with E-state index in [0.717, 1.165) is 11.3 Å². The lowest BCUT2D eigenvalue weighted by Gasteiger charge is -2.14. The third kappa shape index (κ3) is 5.38. The zero-order valence-corrected chi connectivity index (χ0v) is 18.0. The second-order valence-electron chi connectivity index (χ2n) is 6.50. The number of phenols is 1. The Kier molecular flexibility index (Phi) is 6.95. The number of nitrogens with one attached hydrogen (secondary N) is 1. The molecule has 0 saturated carbocycles. The average molecular weight is 447 g/mol. The fraction of sp³-hybridized carbons (Fsp3) is 0.190. The summed E-state index contributed by atoms with van der Waals surface area (Å²) in [4.78, 5) is 26.7. The van der Waals surface area contributed by atoms with E-state index >= 15 is 0 Å². The van der Waals surface area contributed by atoms with E-state index in [9.17, 15) is 14.7 Å². The van der Waals surface area contributed by atoms with Gasteiger partial charge in [0.2, 0.25) is 5.91 Å². The number of para-hydroxylation sites is 1. The van der Waals surface area contributed by atoms with Crippen LogP contribution in [0.3, 0.4) is 0 Å². The smallest absolute Gasteiger partial charge is 0.266 e. The number of hydrogen-bond donors (Lipinski definition) is 2. The van der Waals surface area contributed by atoms with E-state index in [1.807, 2.05) is 31.2 Å². The van der Waals surface area contributed by atoms with E-state index in [1.165, 1.54) is 22.7 Å². The van der Waals surface area contributed by atoms with Crippen molar-refractivity contribution >= 4 is 63.5 Å². The summed E-state index contributed by atoms with van der Waals surface area (Å²) in [5.74, 6) is -0.310. The van der Waals surface area contributed by atoms with Crippen LogP contribution in [0, 0.1) is 6.92 Å². The summed E-state index contributed by atoms with van der Waals surface area (Å²) in [5.41, 5.74) is 2.23. The molecule has 1 heterocycles. The highest BCUT2D eigenvalue weighted by atomic mass is 35.5. The monoisotopic (exact) mass is 446 g/mol. The third-order valence-corrected chi connectivity index (χ3v) is 5.97. The Bertz CT molecular complexity index is 1010. The molecule has 0 aromatic heterocycles. The topological polar surface area (TPSA) is 69.6 Å². The first-order chi connectivity index (χ1) is 13.8. The van der Waals surface area contributed by atoms with Crippen LogP contribution in [0.1, 0.15) is 24.0 Å². The van der Waals surface area contributed by atoms with Crippen LogP contribution in [-0.4, -0.2) is 32.7 Å². The van der Waals surface area contributed by atoms with Crippen LogP contribution < -0.4 is 5.32 Å². The van der Waals surface area contributed by atoms with Crippen molar-refractivity contribution in [3.63, 3.8) is 0 Å². The zero-order chi connectivity index (χ0) is 21.0. The highest BCUT2D eigenvalue weighted by Crippen LogP contribution is 2.34. The Hall–Kier alpha value is -2.35. The van der Waals surface area contributed by atoms with Crippen LogP contribution in [0.5, 0.6) is 5.75 Å². The van der Waals surface area contributed by atoms with Crippen molar-refractivity contribution in [3.05, 3.63) is 63.5 Å². The van der Waals surface area contributed by atoms with E-state index in [1.54, 1.807) is 18.2 Å². The van der Waals surface area contributed by atoms with E-state index in [-0.39, 0.29) is 24.0 Å². The van der Waals surface area contributed by atoms with Crippen molar-refractivity contribution in [2.75, 3.05) is 11.9 Å². The van der Waals surface area contributed by atoms with Gasteiger partial charge in [0.1, 0.15) is 10.1 Å². The molecular weight excluding hydrogens is 428 g/mol. The van der Waals surface area contributed by atoms with Gasteiger partial charge in [-0.3, -0.25) is 14.5 Å². The fourth-order valence-corrected chi connectivity index (χ4v) is 4.28. The molecule has 150 valence electrons. The lowest BCUT2D eigenvalue weighted by molar-refractivity contribution is -0.122. The van der Waals surface area contributed by atoms with Gasteiger partial charge in [0.15, 0.2) is 0 Å². The first-order valence-electron chi connectivity index (χ1n) is 8.94. The van der Waals surface area contributed by atoms with Crippen LogP contribution in [0.15, 0.2) is 47.4 Å². The zero-order valence-electron chi connectivity index (χ0n) is 15.6. The number of anilines is 1. The van der Waals surface area contributed by atoms with Crippen molar-refractivity contribution in [1.29, 1.82) is 0 Å². The van der Waals surface area contributed by atoms with E-state index < -0.39 is 0 Å². The van der Waals surface area contributed by atoms with Crippen molar-refractivity contribution in [2.45, 2.75) is 19.8 Å². The van der Waals surface area contributed by atoms with Gasteiger partial charge in [-0.05, 0) is 49.2 Å². The Morgan fingerprint density at radius 3 is 2.83 bits per heavy atom. The molecule has 8 heteroatoms. The van der Waals surface area contributed by atoms with Crippen LogP contribution in [0.2, 0.25) is 5.02 Å². The number of rotatable bonds is 6. The molecule has 5 nitrogen and oxygen atoms in total. The summed E-state index contributed by atoms with van der Waals surface area (Å²) in [6.45, 7) is 2.28. The number of thioether (sulfide) groups is 1. The van der Waals surface area contributed by atoms with Gasteiger partial charge in [-0.1, -0.05) is 53.8 Å². The second kappa shape index (κ2) is 9.43. The molecule has 0 aliphatic carbocycles. The van der Waals surface area contributed by atoms with Crippen LogP contribution >= 0.6 is 35.6 Å². The van der Waals surface area contributed by atoms with E-state index in [4.69, 9.17) is 23.8 Å². The predicted octanol–water partition coefficient (Wildman–Crippen LogP) is 4.97. The summed E-state index contributed by atoms with van der Waals surface area (Å²) in [6.07, 6.45) is 2.34. The molecule has 1 saturated heterocycles. The third-order valence-electron chi connectivity index (χ3n) is 4.35. The molecule has 0 atom stereocenters. The molecule has 1 aliphatic heterocycles. The fourth-order valence-electron chi connectivity index (χ4n) is 2.80. The lowest BCUT2D eigenvalue weighted by atomic mass is 10.2. The molecule has 1 aliphatic rings. The summed E-state index contributed by atoms with van der Waals surface area (Å²) in [6, 6.07) is 12.2. The van der Waals surface area contributed by atoms with Gasteiger partial charge in [0.25, 0.3) is 5.91 Å². The minimum atomic E-state index is -0.237. The number of halogens is 1. The number of aromatic hydroxyl groups is 1. The molecule has 2 N–H and O–H groups in total. The summed E-state index contributed by atoms with van der Waals surface area (Å²) in [5, 5.41) is 13.3. The van der Waals surface area contributed by atoms with E-state index in [0.29, 0.717) is 32.8 Å². The molecule has 0 unspecified atom stereocenters. The maximum absolute atomic E-state index is 12.7. The maximum atomic E-state index is 12.7. The molecule has 2 amide bonds. The summed E-state index contributed by atoms with van der Waals surface area (Å²) in [7, 11) is 0. The Labute approximate surface area is 183 Å². The number of hydrogen-bond acceptors (Lipinski definition) is 5. The van der Waals surface area contributed by atoms with Crippen molar-refractivity contribution in [2.24, 2.45) is 0 Å². The Balaban J connectivity index is 1.58. The normalized spacial score (nSPS) is 15.2. The van der Waals surface area contributed by atoms with Crippen LogP contribution in [-0.2, 0) is 9.59 Å². The largest absolute Gasteiger partial charge is 0.507 e. The van der Waals surface area contributed by atoms with Gasteiger partial charge >= 0.3 is 0 Å². The summed E-state index contributed by atoms with van der Waals surface area (Å²) < 4.78 is 0.432. The highest BCUT2D eigenvalue weighted by Gasteiger charge is 2.31. The lowest BCUT2D eigenvalue weighted by Crippen LogP contribution is -2.29.